The monoisotopic (exact) mass is 181 g/mol. The van der Waals surface area contributed by atoms with Gasteiger partial charge in [0.2, 0.25) is 0 Å². The molecule has 0 unspecified atom stereocenters. The second kappa shape index (κ2) is 10.8. The minimum atomic E-state index is 0. The van der Waals surface area contributed by atoms with Crippen molar-refractivity contribution >= 4 is 12.2 Å². The van der Waals surface area contributed by atoms with Gasteiger partial charge >= 0.3 is 0 Å². The van der Waals surface area contributed by atoms with E-state index in [-0.39, 0.29) is 1.43 Å². The average molecular weight is 181 g/mol. The van der Waals surface area contributed by atoms with E-state index in [4.69, 9.17) is 0 Å². The third kappa shape index (κ3) is 5.07. The maximum absolute atomic E-state index is 3.64. The van der Waals surface area contributed by atoms with Gasteiger partial charge in [-0.1, -0.05) is 46.9 Å². The summed E-state index contributed by atoms with van der Waals surface area (Å²) >= 11 is 0. The fourth-order valence-corrected chi connectivity index (χ4v) is 0.749. The van der Waals surface area contributed by atoms with Crippen LogP contribution in [0, 0.1) is 0 Å². The molecule has 1 heteroatoms. The fraction of sp³-hybridized carbons (Fsp3) is 0.333. The smallest absolute Gasteiger partial charge is 0.0447 e. The van der Waals surface area contributed by atoms with Crippen molar-refractivity contribution in [1.82, 2.24) is 4.98 Å². The van der Waals surface area contributed by atoms with E-state index in [1.54, 1.807) is 12.2 Å². The minimum Gasteiger partial charge on any atom is -0.361 e. The van der Waals surface area contributed by atoms with Crippen LogP contribution in [0.1, 0.15) is 40.4 Å². The van der Waals surface area contributed by atoms with Crippen LogP contribution in [0.2, 0.25) is 0 Å². The Hall–Kier alpha value is -1.24. The van der Waals surface area contributed by atoms with Crippen molar-refractivity contribution in [2.75, 3.05) is 0 Å². The van der Waals surface area contributed by atoms with E-state index in [1.165, 1.54) is 0 Å². The van der Waals surface area contributed by atoms with Crippen LogP contribution < -0.4 is 0 Å². The predicted molar refractivity (Wildman–Crippen MR) is 65.8 cm³/mol. The molecule has 0 saturated carbocycles. The Balaban J connectivity index is -0.000000216. The molecule has 1 rings (SSSR count). The molecule has 0 aromatic carbocycles. The van der Waals surface area contributed by atoms with Gasteiger partial charge in [-0.3, -0.25) is 0 Å². The Labute approximate surface area is 83.7 Å². The Morgan fingerprint density at radius 1 is 1.15 bits per heavy atom. The first-order valence-corrected chi connectivity index (χ1v) is 4.80. The van der Waals surface area contributed by atoms with Gasteiger partial charge in [0, 0.05) is 13.3 Å². The topological polar surface area (TPSA) is 15.8 Å². The third-order valence-corrected chi connectivity index (χ3v) is 1.24. The molecule has 0 aliphatic heterocycles. The molecule has 0 atom stereocenters. The van der Waals surface area contributed by atoms with Gasteiger partial charge in [-0.05, 0) is 17.7 Å². The second-order valence-corrected chi connectivity index (χ2v) is 1.75. The normalized spacial score (nSPS) is 7.08. The number of hydrogen-bond donors (Lipinski definition) is 1. The van der Waals surface area contributed by atoms with Crippen LogP contribution in [-0.2, 0) is 0 Å². The van der Waals surface area contributed by atoms with Gasteiger partial charge in [0.15, 0.2) is 0 Å². The highest BCUT2D eigenvalue weighted by Gasteiger charge is 1.91. The van der Waals surface area contributed by atoms with Crippen LogP contribution in [0.5, 0.6) is 0 Å². The number of nitrogens with one attached hydrogen (secondary N) is 1. The molecule has 0 radical (unpaired) electrons. The zero-order chi connectivity index (χ0) is 10.7. The summed E-state index contributed by atoms with van der Waals surface area (Å²) in [5.41, 5.74) is 2.13. The van der Waals surface area contributed by atoms with E-state index < -0.39 is 0 Å². The lowest BCUT2D eigenvalue weighted by atomic mass is 10.2. The SMILES string of the molecule is C=Cc1cc[nH]c1C=C.CC.CC.[HH]. The van der Waals surface area contributed by atoms with E-state index >= 15 is 0 Å². The minimum absolute atomic E-state index is 0. The Bertz CT molecular complexity index is 203. The summed E-state index contributed by atoms with van der Waals surface area (Å²) in [4.78, 5) is 3.02. The molecule has 1 heterocycles. The molecule has 0 bridgehead atoms. The van der Waals surface area contributed by atoms with Crippen LogP contribution in [0.4, 0.5) is 0 Å². The van der Waals surface area contributed by atoms with Crippen LogP contribution in [-0.4, -0.2) is 4.98 Å². The molecule has 13 heavy (non-hydrogen) atoms. The van der Waals surface area contributed by atoms with E-state index in [9.17, 15) is 0 Å². The van der Waals surface area contributed by atoms with Gasteiger partial charge in [0.1, 0.15) is 0 Å². The Kier molecular flexibility index (Phi) is 11.8. The van der Waals surface area contributed by atoms with Crippen molar-refractivity contribution in [3.8, 4) is 0 Å². The molecule has 0 fully saturated rings. The number of aromatic nitrogens is 1. The number of aromatic amines is 1. The summed E-state index contributed by atoms with van der Waals surface area (Å²) in [7, 11) is 0. The van der Waals surface area contributed by atoms with Crippen molar-refractivity contribution in [3.63, 3.8) is 0 Å². The maximum atomic E-state index is 3.64. The number of H-pyrrole nitrogens is 1. The number of rotatable bonds is 2. The highest BCUT2D eigenvalue weighted by Crippen LogP contribution is 2.07. The molecule has 1 nitrogen and oxygen atoms in total. The summed E-state index contributed by atoms with van der Waals surface area (Å²) in [5, 5.41) is 0. The van der Waals surface area contributed by atoms with Crippen LogP contribution in [0.25, 0.3) is 12.2 Å². The lowest BCUT2D eigenvalue weighted by molar-refractivity contribution is 1.37. The quantitative estimate of drug-likeness (QED) is 0.686. The molecular formula is C12H23N. The van der Waals surface area contributed by atoms with Gasteiger partial charge in [0.25, 0.3) is 0 Å². The van der Waals surface area contributed by atoms with Crippen molar-refractivity contribution < 1.29 is 1.43 Å². The first-order chi connectivity index (χ1) is 6.38. The van der Waals surface area contributed by atoms with Crippen LogP contribution in [0.3, 0.4) is 0 Å². The zero-order valence-electron chi connectivity index (χ0n) is 9.22. The van der Waals surface area contributed by atoms with Crippen molar-refractivity contribution in [2.24, 2.45) is 0 Å². The molecule has 0 aliphatic rings. The van der Waals surface area contributed by atoms with E-state index in [2.05, 4.69) is 18.1 Å². The van der Waals surface area contributed by atoms with Gasteiger partial charge < -0.3 is 4.98 Å². The Morgan fingerprint density at radius 2 is 1.69 bits per heavy atom. The molecule has 1 aromatic rings. The second-order valence-electron chi connectivity index (χ2n) is 1.75. The van der Waals surface area contributed by atoms with Crippen LogP contribution in [0.15, 0.2) is 25.4 Å². The van der Waals surface area contributed by atoms with Crippen molar-refractivity contribution in [1.29, 1.82) is 0 Å². The molecule has 1 N–H and O–H groups in total. The molecule has 0 amide bonds. The zero-order valence-corrected chi connectivity index (χ0v) is 9.22. The van der Waals surface area contributed by atoms with Crippen molar-refractivity contribution in [2.45, 2.75) is 27.7 Å². The first-order valence-electron chi connectivity index (χ1n) is 4.80. The van der Waals surface area contributed by atoms with Crippen molar-refractivity contribution in [3.05, 3.63) is 36.7 Å². The third-order valence-electron chi connectivity index (χ3n) is 1.24. The summed E-state index contributed by atoms with van der Waals surface area (Å²) in [6, 6.07) is 1.96. The van der Waals surface area contributed by atoms with Gasteiger partial charge in [-0.15, -0.1) is 0 Å². The van der Waals surface area contributed by atoms with Gasteiger partial charge in [0.05, 0.1) is 0 Å². The summed E-state index contributed by atoms with van der Waals surface area (Å²) < 4.78 is 0. The maximum Gasteiger partial charge on any atom is 0.0447 e. The molecule has 1 aromatic heterocycles. The summed E-state index contributed by atoms with van der Waals surface area (Å²) in [6.45, 7) is 15.3. The van der Waals surface area contributed by atoms with E-state index in [0.29, 0.717) is 0 Å². The molecular weight excluding hydrogens is 158 g/mol. The van der Waals surface area contributed by atoms with Gasteiger partial charge in [-0.2, -0.15) is 0 Å². The summed E-state index contributed by atoms with van der Waals surface area (Å²) in [6.07, 6.45) is 5.44. The Morgan fingerprint density at radius 3 is 2.00 bits per heavy atom. The molecule has 76 valence electrons. The lowest BCUT2D eigenvalue weighted by Crippen LogP contribution is -1.70. The largest absolute Gasteiger partial charge is 0.361 e. The number of hydrogen-bond acceptors (Lipinski definition) is 0. The highest BCUT2D eigenvalue weighted by molar-refractivity contribution is 5.60. The van der Waals surface area contributed by atoms with E-state index in [1.807, 2.05) is 40.0 Å². The summed E-state index contributed by atoms with van der Waals surface area (Å²) in [5.74, 6) is 0. The van der Waals surface area contributed by atoms with Crippen LogP contribution >= 0.6 is 0 Å². The fourth-order valence-electron chi connectivity index (χ4n) is 0.749. The average Bonchev–Trinajstić information content (AvgIpc) is 2.70. The lowest BCUT2D eigenvalue weighted by Gasteiger charge is -1.86. The first kappa shape index (κ1) is 14.3. The highest BCUT2D eigenvalue weighted by atomic mass is 14.7. The standard InChI is InChI=1S/C8H9N.2C2H6.H2/c1-3-7-5-6-9-8(7)4-2;2*1-2;/h3-6,9H,1-2H2;2*1-2H3;1H. The molecule has 0 aliphatic carbocycles. The van der Waals surface area contributed by atoms with E-state index in [0.717, 1.165) is 11.3 Å². The molecule has 0 saturated heterocycles. The predicted octanol–water partition coefficient (Wildman–Crippen LogP) is 4.60. The molecule has 0 spiro atoms. The van der Waals surface area contributed by atoms with Gasteiger partial charge in [-0.25, -0.2) is 0 Å².